The number of rotatable bonds is 5. The molecule has 0 aliphatic carbocycles. The van der Waals surface area contributed by atoms with Gasteiger partial charge in [-0.2, -0.15) is 0 Å². The predicted octanol–water partition coefficient (Wildman–Crippen LogP) is 5.74. The molecule has 1 fully saturated rings. The number of methoxy groups -OCH3 is 1. The first-order valence-corrected chi connectivity index (χ1v) is 11.1. The zero-order chi connectivity index (χ0) is 23.8. The largest absolute Gasteiger partial charge is 0.507 e. The lowest BCUT2D eigenvalue weighted by atomic mass is 9.89. The summed E-state index contributed by atoms with van der Waals surface area (Å²) < 4.78 is 27.2. The molecule has 2 heterocycles. The minimum atomic E-state index is -1.00. The smallest absolute Gasteiger partial charge is 0.335 e. The van der Waals surface area contributed by atoms with Crippen molar-refractivity contribution in [3.63, 3.8) is 0 Å². The second kappa shape index (κ2) is 8.83. The lowest BCUT2D eigenvalue weighted by Gasteiger charge is -2.26. The van der Waals surface area contributed by atoms with Crippen molar-refractivity contribution in [1.29, 1.82) is 0 Å². The highest BCUT2D eigenvalue weighted by Crippen LogP contribution is 2.46. The Kier molecular flexibility index (Phi) is 5.71. The number of aromatic carboxylic acids is 1. The first kappa shape index (κ1) is 22.0. The zero-order valence-electron chi connectivity index (χ0n) is 18.6. The number of hydrogen-bond donors (Lipinski definition) is 2. The number of ether oxygens (including phenoxy) is 2. The standard InChI is InChI=1S/C27H24FNO5/c1-33-23-15-19(9-10-20(23)28)29-21-3-2-4-22(30)25(21)24(26(29)17-11-13-34-14-12-17)16-5-7-18(8-6-16)27(31)32/h2-10,15,17,30H,11-14H2,1H3,(H,31,32). The SMILES string of the molecule is COc1cc(-n2c(C3CCOCC3)c(-c3ccc(C(=O)O)cc3)c3c(O)cccc32)ccc1F. The summed E-state index contributed by atoms with van der Waals surface area (Å²) in [6.45, 7) is 1.23. The second-order valence-electron chi connectivity index (χ2n) is 8.35. The van der Waals surface area contributed by atoms with E-state index < -0.39 is 11.8 Å². The summed E-state index contributed by atoms with van der Waals surface area (Å²) in [4.78, 5) is 11.4. The van der Waals surface area contributed by atoms with Gasteiger partial charge in [-0.05, 0) is 54.8 Å². The lowest BCUT2D eigenvalue weighted by molar-refractivity contribution is 0.0697. The molecular formula is C27H24FNO5. The maximum atomic E-state index is 14.3. The van der Waals surface area contributed by atoms with Crippen molar-refractivity contribution in [2.45, 2.75) is 18.8 Å². The van der Waals surface area contributed by atoms with Gasteiger partial charge in [0.15, 0.2) is 11.6 Å². The highest BCUT2D eigenvalue weighted by molar-refractivity contribution is 6.03. The van der Waals surface area contributed by atoms with E-state index in [2.05, 4.69) is 0 Å². The van der Waals surface area contributed by atoms with Gasteiger partial charge in [-0.25, -0.2) is 9.18 Å². The number of phenolic OH excluding ortho intramolecular Hbond substituents is 1. The van der Waals surface area contributed by atoms with Gasteiger partial charge in [0.05, 0.1) is 18.2 Å². The van der Waals surface area contributed by atoms with Gasteiger partial charge in [0, 0.05) is 47.5 Å². The molecule has 0 amide bonds. The molecule has 7 heteroatoms. The van der Waals surface area contributed by atoms with Gasteiger partial charge in [-0.3, -0.25) is 0 Å². The molecule has 0 saturated carbocycles. The van der Waals surface area contributed by atoms with Crippen LogP contribution in [0.4, 0.5) is 4.39 Å². The van der Waals surface area contributed by atoms with Gasteiger partial charge in [-0.1, -0.05) is 18.2 Å². The minimum Gasteiger partial charge on any atom is -0.507 e. The molecule has 0 radical (unpaired) electrons. The van der Waals surface area contributed by atoms with Gasteiger partial charge in [0.25, 0.3) is 0 Å². The number of carboxylic acid groups (broad SMARTS) is 1. The predicted molar refractivity (Wildman–Crippen MR) is 127 cm³/mol. The third kappa shape index (κ3) is 3.68. The first-order valence-electron chi connectivity index (χ1n) is 11.1. The minimum absolute atomic E-state index is 0.116. The summed E-state index contributed by atoms with van der Waals surface area (Å²) >= 11 is 0. The van der Waals surface area contributed by atoms with Crippen molar-refractivity contribution < 1.29 is 28.9 Å². The van der Waals surface area contributed by atoms with Crippen LogP contribution in [0.1, 0.15) is 34.8 Å². The van der Waals surface area contributed by atoms with E-state index in [0.29, 0.717) is 24.3 Å². The molecule has 1 aromatic heterocycles. The Bertz CT molecular complexity index is 1370. The van der Waals surface area contributed by atoms with E-state index in [1.54, 1.807) is 48.5 Å². The monoisotopic (exact) mass is 461 g/mol. The maximum Gasteiger partial charge on any atom is 0.335 e. The topological polar surface area (TPSA) is 80.9 Å². The average Bonchev–Trinajstić information content (AvgIpc) is 3.21. The zero-order valence-corrected chi connectivity index (χ0v) is 18.6. The molecule has 6 nitrogen and oxygen atoms in total. The fraction of sp³-hybridized carbons (Fsp3) is 0.222. The van der Waals surface area contributed by atoms with Crippen LogP contribution in [0.5, 0.6) is 11.5 Å². The highest BCUT2D eigenvalue weighted by Gasteiger charge is 2.29. The molecule has 1 aliphatic heterocycles. The maximum absolute atomic E-state index is 14.3. The van der Waals surface area contributed by atoms with Crippen LogP contribution in [-0.2, 0) is 4.74 Å². The highest BCUT2D eigenvalue weighted by atomic mass is 19.1. The number of aromatic nitrogens is 1. The summed E-state index contributed by atoms with van der Waals surface area (Å²) in [6.07, 6.45) is 1.57. The molecule has 0 unspecified atom stereocenters. The molecule has 5 rings (SSSR count). The van der Waals surface area contributed by atoms with Gasteiger partial charge >= 0.3 is 5.97 Å². The molecule has 0 atom stereocenters. The average molecular weight is 461 g/mol. The van der Waals surface area contributed by atoms with Crippen molar-refractivity contribution >= 4 is 16.9 Å². The Morgan fingerprint density at radius 2 is 1.82 bits per heavy atom. The van der Waals surface area contributed by atoms with E-state index in [-0.39, 0.29) is 23.0 Å². The molecular weight excluding hydrogens is 437 g/mol. The fourth-order valence-corrected chi connectivity index (χ4v) is 4.84. The third-order valence-electron chi connectivity index (χ3n) is 6.43. The van der Waals surface area contributed by atoms with Crippen molar-refractivity contribution in [1.82, 2.24) is 4.57 Å². The van der Waals surface area contributed by atoms with E-state index >= 15 is 0 Å². The molecule has 3 aromatic carbocycles. The number of carbonyl (C=O) groups is 1. The Balaban J connectivity index is 1.86. The Hall–Kier alpha value is -3.84. The van der Waals surface area contributed by atoms with E-state index in [9.17, 15) is 19.4 Å². The van der Waals surface area contributed by atoms with Gasteiger partial charge in [0.2, 0.25) is 0 Å². The third-order valence-corrected chi connectivity index (χ3v) is 6.43. The molecule has 2 N–H and O–H groups in total. The van der Waals surface area contributed by atoms with Crippen LogP contribution >= 0.6 is 0 Å². The number of halogens is 1. The van der Waals surface area contributed by atoms with Crippen molar-refractivity contribution in [3.8, 4) is 28.3 Å². The van der Waals surface area contributed by atoms with Gasteiger partial charge < -0.3 is 24.3 Å². The van der Waals surface area contributed by atoms with Crippen LogP contribution in [0, 0.1) is 5.82 Å². The van der Waals surface area contributed by atoms with Crippen LogP contribution in [0.2, 0.25) is 0 Å². The molecule has 0 bridgehead atoms. The molecule has 34 heavy (non-hydrogen) atoms. The van der Waals surface area contributed by atoms with E-state index in [4.69, 9.17) is 9.47 Å². The molecule has 174 valence electrons. The van der Waals surface area contributed by atoms with Crippen LogP contribution in [-0.4, -0.2) is 41.1 Å². The van der Waals surface area contributed by atoms with Crippen LogP contribution in [0.3, 0.4) is 0 Å². The number of hydrogen-bond acceptors (Lipinski definition) is 4. The number of fused-ring (bicyclic) bond motifs is 1. The molecule has 0 spiro atoms. The number of aromatic hydroxyl groups is 1. The summed E-state index contributed by atoms with van der Waals surface area (Å²) in [5.74, 6) is -1.09. The summed E-state index contributed by atoms with van der Waals surface area (Å²) in [6, 6.07) is 16.7. The summed E-state index contributed by atoms with van der Waals surface area (Å²) in [5.41, 5.74) is 4.27. The van der Waals surface area contributed by atoms with Crippen LogP contribution < -0.4 is 4.74 Å². The van der Waals surface area contributed by atoms with E-state index in [1.165, 1.54) is 13.2 Å². The van der Waals surface area contributed by atoms with Crippen molar-refractivity contribution in [3.05, 3.63) is 77.7 Å². The summed E-state index contributed by atoms with van der Waals surface area (Å²) in [5, 5.41) is 21.0. The van der Waals surface area contributed by atoms with Crippen LogP contribution in [0.15, 0.2) is 60.7 Å². The number of carboxylic acids is 1. The number of nitrogens with zero attached hydrogens (tertiary/aromatic N) is 1. The van der Waals surface area contributed by atoms with Crippen LogP contribution in [0.25, 0.3) is 27.7 Å². The van der Waals surface area contributed by atoms with E-state index in [1.807, 2.05) is 10.6 Å². The second-order valence-corrected chi connectivity index (χ2v) is 8.35. The normalized spacial score (nSPS) is 14.4. The Morgan fingerprint density at radius 1 is 1.09 bits per heavy atom. The Morgan fingerprint density at radius 3 is 2.50 bits per heavy atom. The quantitative estimate of drug-likeness (QED) is 0.396. The fourth-order valence-electron chi connectivity index (χ4n) is 4.84. The summed E-state index contributed by atoms with van der Waals surface area (Å²) in [7, 11) is 1.43. The van der Waals surface area contributed by atoms with Gasteiger partial charge in [-0.15, -0.1) is 0 Å². The number of benzene rings is 3. The molecule has 4 aromatic rings. The first-order chi connectivity index (χ1) is 16.5. The molecule has 1 aliphatic rings. The lowest BCUT2D eigenvalue weighted by Crippen LogP contribution is -2.17. The van der Waals surface area contributed by atoms with Gasteiger partial charge in [0.1, 0.15) is 5.75 Å². The number of phenols is 1. The molecule has 1 saturated heterocycles. The van der Waals surface area contributed by atoms with E-state index in [0.717, 1.165) is 35.2 Å². The Labute approximate surface area is 195 Å². The van der Waals surface area contributed by atoms with Crippen molar-refractivity contribution in [2.75, 3.05) is 20.3 Å². The van der Waals surface area contributed by atoms with Crippen molar-refractivity contribution in [2.24, 2.45) is 0 Å².